The molecule has 4 N–H and O–H groups in total. The van der Waals surface area contributed by atoms with Crippen LogP contribution in [0.4, 0.5) is 5.69 Å². The van der Waals surface area contributed by atoms with Crippen LogP contribution in [0.3, 0.4) is 0 Å². The third-order valence-corrected chi connectivity index (χ3v) is 6.82. The fraction of sp³-hybridized carbons (Fsp3) is 0.259. The van der Waals surface area contributed by atoms with E-state index in [-0.39, 0.29) is 11.9 Å². The first-order valence-corrected chi connectivity index (χ1v) is 12.2. The molecule has 1 fully saturated rings. The van der Waals surface area contributed by atoms with Gasteiger partial charge in [0.05, 0.1) is 12.6 Å². The molecule has 2 aromatic carbocycles. The maximum Gasteiger partial charge on any atom is 0.251 e. The summed E-state index contributed by atoms with van der Waals surface area (Å²) in [5.41, 5.74) is 2.92. The number of para-hydroxylation sites is 1. The van der Waals surface area contributed by atoms with Crippen molar-refractivity contribution in [2.75, 3.05) is 25.0 Å². The number of amides is 1. The zero-order valence-corrected chi connectivity index (χ0v) is 19.7. The molecule has 0 radical (unpaired) electrons. The minimum Gasteiger partial charge on any atom is -0.493 e. The van der Waals surface area contributed by atoms with E-state index in [2.05, 4.69) is 36.1 Å². The molecule has 9 nitrogen and oxygen atoms in total. The number of nitrogens with one attached hydrogen (secondary N) is 4. The summed E-state index contributed by atoms with van der Waals surface area (Å²) >= 11 is 0. The van der Waals surface area contributed by atoms with Gasteiger partial charge in [0.1, 0.15) is 11.3 Å². The highest BCUT2D eigenvalue weighted by molar-refractivity contribution is 5.95. The molecule has 0 saturated carbocycles. The first kappa shape index (κ1) is 22.2. The predicted octanol–water partition coefficient (Wildman–Crippen LogP) is 3.42. The van der Waals surface area contributed by atoms with E-state index in [1.54, 1.807) is 12.4 Å². The van der Waals surface area contributed by atoms with Crippen LogP contribution >= 0.6 is 0 Å². The smallest absolute Gasteiger partial charge is 0.251 e. The number of aromatic amines is 1. The Kier molecular flexibility index (Phi) is 5.82. The summed E-state index contributed by atoms with van der Waals surface area (Å²) in [4.78, 5) is 20.7. The second-order valence-corrected chi connectivity index (χ2v) is 9.17. The van der Waals surface area contributed by atoms with E-state index in [1.807, 2.05) is 60.7 Å². The Hall–Kier alpha value is -4.24. The molecule has 2 atom stereocenters. The van der Waals surface area contributed by atoms with Crippen molar-refractivity contribution in [2.45, 2.75) is 24.4 Å². The number of hydrogen-bond donors (Lipinski definition) is 4. The number of carbonyl (C=O) groups is 1. The second-order valence-electron chi connectivity index (χ2n) is 9.17. The van der Waals surface area contributed by atoms with Crippen LogP contribution in [0.2, 0.25) is 0 Å². The third-order valence-electron chi connectivity index (χ3n) is 6.82. The lowest BCUT2D eigenvalue weighted by atomic mass is 9.96. The molecule has 2 aliphatic rings. The van der Waals surface area contributed by atoms with Gasteiger partial charge in [-0.1, -0.05) is 24.3 Å². The van der Waals surface area contributed by atoms with Crippen molar-refractivity contribution in [1.82, 2.24) is 30.8 Å². The SMILES string of the molecule is O=C(N[C@H]1CCOc2ccccc21)c1cccc(N[C@]2(c3nnc(-c4ccncc4)[nH]3)CCNC2)c1. The maximum absolute atomic E-state index is 13.2. The molecule has 2 aliphatic heterocycles. The summed E-state index contributed by atoms with van der Waals surface area (Å²) in [6.07, 6.45) is 5.03. The lowest BCUT2D eigenvalue weighted by Gasteiger charge is -2.29. The first-order valence-electron chi connectivity index (χ1n) is 12.2. The fourth-order valence-electron chi connectivity index (χ4n) is 4.93. The number of rotatable bonds is 6. The minimum atomic E-state index is -0.465. The molecule has 4 heterocycles. The molecular weight excluding hydrogens is 454 g/mol. The molecule has 182 valence electrons. The van der Waals surface area contributed by atoms with Gasteiger partial charge in [0.25, 0.3) is 5.91 Å². The summed E-state index contributed by atoms with van der Waals surface area (Å²) in [7, 11) is 0. The van der Waals surface area contributed by atoms with Gasteiger partial charge in [0, 0.05) is 47.7 Å². The van der Waals surface area contributed by atoms with Crippen molar-refractivity contribution in [3.05, 3.63) is 90.0 Å². The van der Waals surface area contributed by atoms with Crippen LogP contribution in [-0.2, 0) is 5.54 Å². The van der Waals surface area contributed by atoms with Gasteiger partial charge in [-0.05, 0) is 49.4 Å². The van der Waals surface area contributed by atoms with Gasteiger partial charge in [-0.25, -0.2) is 0 Å². The molecule has 9 heteroatoms. The predicted molar refractivity (Wildman–Crippen MR) is 136 cm³/mol. The Labute approximate surface area is 208 Å². The van der Waals surface area contributed by atoms with E-state index >= 15 is 0 Å². The monoisotopic (exact) mass is 481 g/mol. The minimum absolute atomic E-state index is 0.0785. The van der Waals surface area contributed by atoms with E-state index in [0.29, 0.717) is 24.5 Å². The highest BCUT2D eigenvalue weighted by atomic mass is 16.5. The summed E-state index contributed by atoms with van der Waals surface area (Å²) in [5, 5.41) is 19.1. The zero-order chi connectivity index (χ0) is 24.4. The highest BCUT2D eigenvalue weighted by Gasteiger charge is 2.39. The van der Waals surface area contributed by atoms with Gasteiger partial charge in [0.15, 0.2) is 11.6 Å². The normalized spacial score (nSPS) is 20.8. The maximum atomic E-state index is 13.2. The lowest BCUT2D eigenvalue weighted by molar-refractivity contribution is 0.0925. The van der Waals surface area contributed by atoms with Crippen molar-refractivity contribution in [3.63, 3.8) is 0 Å². The van der Waals surface area contributed by atoms with Crippen molar-refractivity contribution in [3.8, 4) is 17.1 Å². The summed E-state index contributed by atoms with van der Waals surface area (Å²) in [5.74, 6) is 2.18. The van der Waals surface area contributed by atoms with Crippen molar-refractivity contribution in [2.24, 2.45) is 0 Å². The first-order chi connectivity index (χ1) is 17.7. The largest absolute Gasteiger partial charge is 0.493 e. The lowest BCUT2D eigenvalue weighted by Crippen LogP contribution is -2.39. The van der Waals surface area contributed by atoms with Crippen LogP contribution in [0, 0.1) is 0 Å². The molecule has 0 bridgehead atoms. The van der Waals surface area contributed by atoms with Crippen molar-refractivity contribution < 1.29 is 9.53 Å². The van der Waals surface area contributed by atoms with Gasteiger partial charge in [-0.15, -0.1) is 10.2 Å². The molecule has 0 unspecified atom stereocenters. The second kappa shape index (κ2) is 9.43. The molecular formula is C27H27N7O2. The summed E-state index contributed by atoms with van der Waals surface area (Å²) < 4.78 is 5.73. The summed E-state index contributed by atoms with van der Waals surface area (Å²) in [6, 6.07) is 19.2. The molecule has 4 aromatic rings. The Bertz CT molecular complexity index is 1370. The standard InChI is InChI=1S/C27H27N7O2/c35-25(30-22-10-15-36-23-7-2-1-6-21(22)23)19-4-3-5-20(16-19)32-27(11-14-29-17-27)26-31-24(33-34-26)18-8-12-28-13-9-18/h1-9,12-13,16,22,29,32H,10-11,14-15,17H2,(H,30,35)(H,31,33,34)/t22-,27+/m0/s1. The number of pyridine rings is 1. The number of fused-ring (bicyclic) bond motifs is 1. The van der Waals surface area contributed by atoms with Gasteiger partial charge in [-0.3, -0.25) is 9.78 Å². The molecule has 0 spiro atoms. The summed E-state index contributed by atoms with van der Waals surface area (Å²) in [6.45, 7) is 2.12. The molecule has 2 aromatic heterocycles. The van der Waals surface area contributed by atoms with E-state index in [4.69, 9.17) is 4.74 Å². The van der Waals surface area contributed by atoms with E-state index < -0.39 is 5.54 Å². The Morgan fingerprint density at radius 1 is 1.06 bits per heavy atom. The van der Waals surface area contributed by atoms with E-state index in [0.717, 1.165) is 47.8 Å². The Balaban J connectivity index is 1.22. The molecule has 1 saturated heterocycles. The van der Waals surface area contributed by atoms with Crippen molar-refractivity contribution >= 4 is 11.6 Å². The van der Waals surface area contributed by atoms with Crippen LogP contribution < -0.4 is 20.7 Å². The van der Waals surface area contributed by atoms with Crippen LogP contribution in [-0.4, -0.2) is 45.8 Å². The van der Waals surface area contributed by atoms with Crippen LogP contribution in [0.25, 0.3) is 11.4 Å². The average Bonchev–Trinajstić information content (AvgIpc) is 3.61. The molecule has 0 aliphatic carbocycles. The fourth-order valence-corrected chi connectivity index (χ4v) is 4.93. The van der Waals surface area contributed by atoms with Crippen LogP contribution in [0.1, 0.15) is 40.6 Å². The highest BCUT2D eigenvalue weighted by Crippen LogP contribution is 2.33. The number of nitrogens with zero attached hydrogens (tertiary/aromatic N) is 3. The van der Waals surface area contributed by atoms with Gasteiger partial charge in [-0.2, -0.15) is 0 Å². The van der Waals surface area contributed by atoms with Gasteiger partial charge in [0.2, 0.25) is 0 Å². The topological polar surface area (TPSA) is 117 Å². The van der Waals surface area contributed by atoms with E-state index in [1.165, 1.54) is 0 Å². The Morgan fingerprint density at radius 3 is 2.81 bits per heavy atom. The number of ether oxygens (including phenoxy) is 1. The zero-order valence-electron chi connectivity index (χ0n) is 19.7. The van der Waals surface area contributed by atoms with Crippen LogP contribution in [0.15, 0.2) is 73.1 Å². The number of anilines is 1. The Morgan fingerprint density at radius 2 is 1.94 bits per heavy atom. The number of hydrogen-bond acceptors (Lipinski definition) is 7. The van der Waals surface area contributed by atoms with Crippen LogP contribution in [0.5, 0.6) is 5.75 Å². The number of carbonyl (C=O) groups excluding carboxylic acids is 1. The van der Waals surface area contributed by atoms with Crippen molar-refractivity contribution in [1.29, 1.82) is 0 Å². The quantitative estimate of drug-likeness (QED) is 0.333. The number of benzene rings is 2. The van der Waals surface area contributed by atoms with Gasteiger partial charge < -0.3 is 25.7 Å². The number of H-pyrrole nitrogens is 1. The van der Waals surface area contributed by atoms with Gasteiger partial charge >= 0.3 is 0 Å². The average molecular weight is 482 g/mol. The third kappa shape index (κ3) is 4.29. The van der Waals surface area contributed by atoms with E-state index in [9.17, 15) is 4.79 Å². The number of aromatic nitrogens is 4. The molecule has 1 amide bonds. The molecule has 6 rings (SSSR count). The molecule has 36 heavy (non-hydrogen) atoms.